The van der Waals surface area contributed by atoms with Crippen LogP contribution in [0.25, 0.3) is 0 Å². The zero-order valence-corrected chi connectivity index (χ0v) is 13.1. The summed E-state index contributed by atoms with van der Waals surface area (Å²) in [6.45, 7) is 6.06. The molecule has 0 radical (unpaired) electrons. The second-order valence-corrected chi connectivity index (χ2v) is 5.96. The summed E-state index contributed by atoms with van der Waals surface area (Å²) in [5.74, 6) is 0.390. The Morgan fingerprint density at radius 2 is 2.19 bits per heavy atom. The summed E-state index contributed by atoms with van der Waals surface area (Å²) < 4.78 is 0. The van der Waals surface area contributed by atoms with Gasteiger partial charge in [0.25, 0.3) is 5.91 Å². The first-order chi connectivity index (χ1) is 10.1. The number of carbonyl (C=O) groups excluding carboxylic acids is 1. The highest BCUT2D eigenvalue weighted by molar-refractivity contribution is 5.90. The molecule has 1 aliphatic carbocycles. The minimum atomic E-state index is -0.310. The number of anilines is 1. The lowest BCUT2D eigenvalue weighted by Crippen LogP contribution is -2.36. The van der Waals surface area contributed by atoms with Crippen molar-refractivity contribution in [1.82, 2.24) is 5.43 Å². The van der Waals surface area contributed by atoms with Crippen LogP contribution in [0.1, 0.15) is 45.1 Å². The van der Waals surface area contributed by atoms with Crippen LogP contribution in [0.2, 0.25) is 0 Å². The molecule has 2 rings (SSSR count). The highest BCUT2D eigenvalue weighted by Gasteiger charge is 2.17. The molecule has 4 heteroatoms. The van der Waals surface area contributed by atoms with Crippen molar-refractivity contribution in [2.24, 2.45) is 11.0 Å². The first kappa shape index (κ1) is 15.5. The third kappa shape index (κ3) is 4.59. The van der Waals surface area contributed by atoms with Gasteiger partial charge in [-0.25, -0.2) is 5.43 Å². The third-order valence-corrected chi connectivity index (χ3v) is 3.99. The van der Waals surface area contributed by atoms with Crippen LogP contribution in [0.4, 0.5) is 5.69 Å². The van der Waals surface area contributed by atoms with Crippen molar-refractivity contribution in [3.05, 3.63) is 29.8 Å². The fourth-order valence-corrected chi connectivity index (χ4v) is 2.61. The minimum absolute atomic E-state index is 0.0956. The molecule has 1 amide bonds. The standard InChI is InChI=1S/C17H25N3O/c1-12-7-6-9-15(11-12)18-14(3)17(21)20-19-16-10-5-4-8-13(16)2/h6-7,9,11,13-14,18H,4-5,8,10H2,1-3H3,(H,20,21)/b19-16+. The number of aryl methyl sites for hydroxylation is 1. The number of nitrogens with zero attached hydrogens (tertiary/aromatic N) is 1. The predicted octanol–water partition coefficient (Wildman–Crippen LogP) is 3.48. The Kier molecular flexibility index (Phi) is 5.37. The SMILES string of the molecule is Cc1cccc(NC(C)C(=O)N/N=C2\CCCCC2C)c1. The van der Waals surface area contributed by atoms with Gasteiger partial charge in [0.2, 0.25) is 0 Å². The summed E-state index contributed by atoms with van der Waals surface area (Å²) in [7, 11) is 0. The summed E-state index contributed by atoms with van der Waals surface area (Å²) in [4.78, 5) is 12.1. The van der Waals surface area contributed by atoms with Gasteiger partial charge < -0.3 is 5.32 Å². The van der Waals surface area contributed by atoms with Crippen LogP contribution in [-0.2, 0) is 4.79 Å². The highest BCUT2D eigenvalue weighted by Crippen LogP contribution is 2.20. The van der Waals surface area contributed by atoms with E-state index in [2.05, 4.69) is 22.8 Å². The maximum Gasteiger partial charge on any atom is 0.262 e. The Morgan fingerprint density at radius 3 is 2.90 bits per heavy atom. The van der Waals surface area contributed by atoms with Crippen molar-refractivity contribution in [1.29, 1.82) is 0 Å². The normalized spacial score (nSPS) is 21.9. The molecule has 1 aromatic rings. The van der Waals surface area contributed by atoms with E-state index in [1.807, 2.05) is 38.1 Å². The van der Waals surface area contributed by atoms with Crippen LogP contribution in [0.3, 0.4) is 0 Å². The van der Waals surface area contributed by atoms with Gasteiger partial charge in [0.05, 0.1) is 0 Å². The van der Waals surface area contributed by atoms with Gasteiger partial charge in [-0.05, 0) is 56.7 Å². The number of amides is 1. The summed E-state index contributed by atoms with van der Waals surface area (Å²) >= 11 is 0. The summed E-state index contributed by atoms with van der Waals surface area (Å²) in [5.41, 5.74) is 5.95. The van der Waals surface area contributed by atoms with Gasteiger partial charge >= 0.3 is 0 Å². The highest BCUT2D eigenvalue weighted by atomic mass is 16.2. The van der Waals surface area contributed by atoms with E-state index >= 15 is 0 Å². The van der Waals surface area contributed by atoms with Crippen LogP contribution >= 0.6 is 0 Å². The molecule has 1 aromatic carbocycles. The molecule has 0 aliphatic heterocycles. The molecular formula is C17H25N3O. The van der Waals surface area contributed by atoms with E-state index in [9.17, 15) is 4.79 Å². The van der Waals surface area contributed by atoms with Crippen molar-refractivity contribution in [2.75, 3.05) is 5.32 Å². The quantitative estimate of drug-likeness (QED) is 0.833. The number of hydrogen-bond donors (Lipinski definition) is 2. The molecule has 114 valence electrons. The monoisotopic (exact) mass is 287 g/mol. The van der Waals surface area contributed by atoms with Crippen LogP contribution in [0.5, 0.6) is 0 Å². The lowest BCUT2D eigenvalue weighted by atomic mass is 9.89. The van der Waals surface area contributed by atoms with E-state index in [0.29, 0.717) is 5.92 Å². The van der Waals surface area contributed by atoms with Gasteiger partial charge in [0, 0.05) is 11.4 Å². The Balaban J connectivity index is 1.89. The molecule has 21 heavy (non-hydrogen) atoms. The zero-order chi connectivity index (χ0) is 15.2. The number of carbonyl (C=O) groups is 1. The summed E-state index contributed by atoms with van der Waals surface area (Å²) in [6.07, 6.45) is 4.61. The molecule has 2 unspecified atom stereocenters. The Bertz CT molecular complexity index is 525. The molecule has 0 spiro atoms. The Labute approximate surface area is 127 Å². The minimum Gasteiger partial charge on any atom is -0.374 e. The number of nitrogens with one attached hydrogen (secondary N) is 2. The van der Waals surface area contributed by atoms with Crippen LogP contribution in [-0.4, -0.2) is 17.7 Å². The molecule has 0 saturated heterocycles. The average Bonchev–Trinajstić information content (AvgIpc) is 2.46. The lowest BCUT2D eigenvalue weighted by Gasteiger charge is -2.20. The molecular weight excluding hydrogens is 262 g/mol. The molecule has 0 aromatic heterocycles. The van der Waals surface area contributed by atoms with Crippen molar-refractivity contribution in [3.8, 4) is 0 Å². The third-order valence-electron chi connectivity index (χ3n) is 3.99. The molecule has 2 atom stereocenters. The van der Waals surface area contributed by atoms with Crippen molar-refractivity contribution >= 4 is 17.3 Å². The second-order valence-electron chi connectivity index (χ2n) is 5.96. The first-order valence-electron chi connectivity index (χ1n) is 7.76. The van der Waals surface area contributed by atoms with Gasteiger partial charge in [-0.1, -0.05) is 25.5 Å². The summed E-state index contributed by atoms with van der Waals surface area (Å²) in [6, 6.07) is 7.69. The van der Waals surface area contributed by atoms with E-state index < -0.39 is 0 Å². The van der Waals surface area contributed by atoms with E-state index in [4.69, 9.17) is 0 Å². The topological polar surface area (TPSA) is 53.5 Å². The maximum atomic E-state index is 12.1. The lowest BCUT2D eigenvalue weighted by molar-refractivity contribution is -0.121. The van der Waals surface area contributed by atoms with E-state index in [1.54, 1.807) is 0 Å². The van der Waals surface area contributed by atoms with Crippen molar-refractivity contribution in [2.45, 2.75) is 52.5 Å². The number of rotatable bonds is 4. The zero-order valence-electron chi connectivity index (χ0n) is 13.1. The largest absolute Gasteiger partial charge is 0.374 e. The van der Waals surface area contributed by atoms with E-state index in [1.165, 1.54) is 24.8 Å². The fourth-order valence-electron chi connectivity index (χ4n) is 2.61. The van der Waals surface area contributed by atoms with Crippen LogP contribution in [0, 0.1) is 12.8 Å². The molecule has 0 heterocycles. The number of hydrogen-bond acceptors (Lipinski definition) is 3. The average molecular weight is 287 g/mol. The smallest absolute Gasteiger partial charge is 0.262 e. The number of hydrazone groups is 1. The van der Waals surface area contributed by atoms with Crippen molar-refractivity contribution < 1.29 is 4.79 Å². The summed E-state index contributed by atoms with van der Waals surface area (Å²) in [5, 5.41) is 7.52. The molecule has 4 nitrogen and oxygen atoms in total. The molecule has 2 N–H and O–H groups in total. The van der Waals surface area contributed by atoms with E-state index in [0.717, 1.165) is 17.8 Å². The van der Waals surface area contributed by atoms with E-state index in [-0.39, 0.29) is 11.9 Å². The van der Waals surface area contributed by atoms with Gasteiger partial charge in [0.15, 0.2) is 0 Å². The molecule has 1 saturated carbocycles. The Hall–Kier alpha value is -1.84. The predicted molar refractivity (Wildman–Crippen MR) is 87.5 cm³/mol. The molecule has 1 aliphatic rings. The first-order valence-corrected chi connectivity index (χ1v) is 7.76. The Morgan fingerprint density at radius 1 is 1.38 bits per heavy atom. The number of benzene rings is 1. The van der Waals surface area contributed by atoms with Gasteiger partial charge in [-0.15, -0.1) is 0 Å². The second kappa shape index (κ2) is 7.25. The van der Waals surface area contributed by atoms with Gasteiger partial charge in [-0.3, -0.25) is 4.79 Å². The molecule has 0 bridgehead atoms. The van der Waals surface area contributed by atoms with Gasteiger partial charge in [-0.2, -0.15) is 5.10 Å². The van der Waals surface area contributed by atoms with Crippen LogP contribution < -0.4 is 10.7 Å². The van der Waals surface area contributed by atoms with Crippen LogP contribution in [0.15, 0.2) is 29.4 Å². The fraction of sp³-hybridized carbons (Fsp3) is 0.529. The van der Waals surface area contributed by atoms with Crippen molar-refractivity contribution in [3.63, 3.8) is 0 Å². The maximum absolute atomic E-state index is 12.1. The van der Waals surface area contributed by atoms with Gasteiger partial charge in [0.1, 0.15) is 6.04 Å². The molecule has 1 fully saturated rings.